The Balaban J connectivity index is 1.69. The molecule has 1 aromatic carbocycles. The van der Waals surface area contributed by atoms with Crippen LogP contribution in [0.3, 0.4) is 0 Å². The number of carbonyl (C=O) groups excluding carboxylic acids is 1. The first-order chi connectivity index (χ1) is 14.5. The third kappa shape index (κ3) is 3.67. The summed E-state index contributed by atoms with van der Waals surface area (Å²) in [6.45, 7) is 5.19. The lowest BCUT2D eigenvalue weighted by atomic mass is 10.0. The standard InChI is InChI=1S/C22H26N4O3S/c1-13-7-5-6-10-26(13)20-18-14(2)19(30-22(18)24-12-23-20)21(27)25-16-9-8-15(28-3)11-17(16)29-4/h8-9,11-13H,5-7,10H2,1-4H3,(H,25,27). The zero-order valence-electron chi connectivity index (χ0n) is 17.7. The molecule has 1 amide bonds. The molecule has 30 heavy (non-hydrogen) atoms. The largest absolute Gasteiger partial charge is 0.497 e. The molecule has 3 aromatic rings. The predicted octanol–water partition coefficient (Wildman–Crippen LogP) is 4.65. The van der Waals surface area contributed by atoms with Gasteiger partial charge in [0.2, 0.25) is 0 Å². The molecule has 1 N–H and O–H groups in total. The highest BCUT2D eigenvalue weighted by Gasteiger charge is 2.26. The Bertz CT molecular complexity index is 1080. The number of carbonyl (C=O) groups is 1. The maximum atomic E-state index is 13.1. The molecule has 1 aliphatic heterocycles. The number of aromatic nitrogens is 2. The van der Waals surface area contributed by atoms with Crippen molar-refractivity contribution in [2.45, 2.75) is 39.2 Å². The number of benzene rings is 1. The van der Waals surface area contributed by atoms with Crippen molar-refractivity contribution in [1.82, 2.24) is 9.97 Å². The number of hydrogen-bond donors (Lipinski definition) is 1. The highest BCUT2D eigenvalue weighted by molar-refractivity contribution is 7.20. The Morgan fingerprint density at radius 3 is 2.80 bits per heavy atom. The van der Waals surface area contributed by atoms with Crippen LogP contribution >= 0.6 is 11.3 Å². The topological polar surface area (TPSA) is 76.6 Å². The number of amides is 1. The monoisotopic (exact) mass is 426 g/mol. The Morgan fingerprint density at radius 2 is 2.07 bits per heavy atom. The fourth-order valence-electron chi connectivity index (χ4n) is 3.98. The van der Waals surface area contributed by atoms with Crippen molar-refractivity contribution in [1.29, 1.82) is 0 Å². The SMILES string of the molecule is COc1ccc(NC(=O)c2sc3ncnc(N4CCCCC4C)c3c2C)c(OC)c1. The molecular weight excluding hydrogens is 400 g/mol. The molecule has 1 atom stereocenters. The lowest BCUT2D eigenvalue weighted by Gasteiger charge is -2.34. The number of nitrogens with zero attached hydrogens (tertiary/aromatic N) is 3. The quantitative estimate of drug-likeness (QED) is 0.640. The second kappa shape index (κ2) is 8.47. The summed E-state index contributed by atoms with van der Waals surface area (Å²) < 4.78 is 10.6. The van der Waals surface area contributed by atoms with Gasteiger partial charge in [-0.25, -0.2) is 9.97 Å². The molecular formula is C22H26N4O3S. The first kappa shape index (κ1) is 20.4. The van der Waals surface area contributed by atoms with Crippen molar-refractivity contribution in [2.24, 2.45) is 0 Å². The molecule has 3 heterocycles. The molecule has 1 unspecified atom stereocenters. The van der Waals surface area contributed by atoms with Crippen LogP contribution in [-0.4, -0.2) is 42.7 Å². The van der Waals surface area contributed by atoms with Crippen LogP contribution in [0.1, 0.15) is 41.4 Å². The lowest BCUT2D eigenvalue weighted by molar-refractivity contribution is 0.102. The molecule has 158 valence electrons. The minimum absolute atomic E-state index is 0.184. The van der Waals surface area contributed by atoms with E-state index in [9.17, 15) is 4.79 Å². The minimum atomic E-state index is -0.184. The summed E-state index contributed by atoms with van der Waals surface area (Å²) in [4.78, 5) is 26.0. The van der Waals surface area contributed by atoms with Gasteiger partial charge in [-0.1, -0.05) is 0 Å². The van der Waals surface area contributed by atoms with E-state index in [1.807, 2.05) is 6.92 Å². The lowest BCUT2D eigenvalue weighted by Crippen LogP contribution is -2.38. The van der Waals surface area contributed by atoms with Gasteiger partial charge in [-0.2, -0.15) is 0 Å². The number of methoxy groups -OCH3 is 2. The van der Waals surface area contributed by atoms with Gasteiger partial charge in [0, 0.05) is 18.7 Å². The minimum Gasteiger partial charge on any atom is -0.497 e. The molecule has 7 nitrogen and oxygen atoms in total. The molecule has 8 heteroatoms. The smallest absolute Gasteiger partial charge is 0.266 e. The van der Waals surface area contributed by atoms with E-state index in [1.54, 1.807) is 38.7 Å². The first-order valence-electron chi connectivity index (χ1n) is 10.1. The van der Waals surface area contributed by atoms with Gasteiger partial charge in [0.15, 0.2) is 0 Å². The van der Waals surface area contributed by atoms with Crippen LogP contribution in [0.2, 0.25) is 0 Å². The van der Waals surface area contributed by atoms with Gasteiger partial charge >= 0.3 is 0 Å². The van der Waals surface area contributed by atoms with E-state index in [0.29, 0.717) is 28.1 Å². The van der Waals surface area contributed by atoms with Crippen LogP contribution in [0.4, 0.5) is 11.5 Å². The number of ether oxygens (including phenoxy) is 2. The molecule has 2 aromatic heterocycles. The second-order valence-electron chi connectivity index (χ2n) is 7.49. The summed E-state index contributed by atoms with van der Waals surface area (Å²) in [6, 6.07) is 5.74. The number of anilines is 2. The van der Waals surface area contributed by atoms with E-state index in [-0.39, 0.29) is 5.91 Å². The van der Waals surface area contributed by atoms with Crippen molar-refractivity contribution in [3.63, 3.8) is 0 Å². The second-order valence-corrected chi connectivity index (χ2v) is 8.49. The first-order valence-corrected chi connectivity index (χ1v) is 10.9. The molecule has 0 aliphatic carbocycles. The van der Waals surface area contributed by atoms with Crippen LogP contribution < -0.4 is 19.7 Å². The number of fused-ring (bicyclic) bond motifs is 1. The normalized spacial score (nSPS) is 16.5. The van der Waals surface area contributed by atoms with Crippen molar-refractivity contribution >= 4 is 39.0 Å². The maximum absolute atomic E-state index is 13.1. The van der Waals surface area contributed by atoms with Crippen molar-refractivity contribution in [3.8, 4) is 11.5 Å². The molecule has 1 fully saturated rings. The van der Waals surface area contributed by atoms with Crippen molar-refractivity contribution in [3.05, 3.63) is 35.0 Å². The maximum Gasteiger partial charge on any atom is 0.266 e. The van der Waals surface area contributed by atoms with Crippen LogP contribution in [0, 0.1) is 6.92 Å². The predicted molar refractivity (Wildman–Crippen MR) is 120 cm³/mol. The highest BCUT2D eigenvalue weighted by Crippen LogP contribution is 2.38. The van der Waals surface area contributed by atoms with E-state index in [2.05, 4.69) is 27.1 Å². The highest BCUT2D eigenvalue weighted by atomic mass is 32.1. The van der Waals surface area contributed by atoms with Gasteiger partial charge in [-0.15, -0.1) is 11.3 Å². The Labute approximate surface area is 180 Å². The number of hydrogen-bond acceptors (Lipinski definition) is 7. The van der Waals surface area contributed by atoms with Crippen molar-refractivity contribution in [2.75, 3.05) is 31.0 Å². The summed E-state index contributed by atoms with van der Waals surface area (Å²) in [5.74, 6) is 1.96. The summed E-state index contributed by atoms with van der Waals surface area (Å²) >= 11 is 1.40. The zero-order valence-corrected chi connectivity index (χ0v) is 18.5. The van der Waals surface area contributed by atoms with Gasteiger partial charge in [0.05, 0.1) is 30.2 Å². The van der Waals surface area contributed by atoms with Gasteiger partial charge < -0.3 is 19.7 Å². The van der Waals surface area contributed by atoms with Crippen LogP contribution in [0.5, 0.6) is 11.5 Å². The fourth-order valence-corrected chi connectivity index (χ4v) is 5.02. The van der Waals surface area contributed by atoms with E-state index in [1.165, 1.54) is 17.8 Å². The average molecular weight is 427 g/mol. The van der Waals surface area contributed by atoms with Gasteiger partial charge in [-0.3, -0.25) is 4.79 Å². The number of thiophene rings is 1. The van der Waals surface area contributed by atoms with Crippen molar-refractivity contribution < 1.29 is 14.3 Å². The zero-order chi connectivity index (χ0) is 21.3. The molecule has 1 saturated heterocycles. The molecule has 0 saturated carbocycles. The van der Waals surface area contributed by atoms with Gasteiger partial charge in [0.1, 0.15) is 28.5 Å². The number of aryl methyl sites for hydroxylation is 1. The number of piperidine rings is 1. The fraction of sp³-hybridized carbons (Fsp3) is 0.409. The summed E-state index contributed by atoms with van der Waals surface area (Å²) in [5, 5.41) is 3.94. The average Bonchev–Trinajstić information content (AvgIpc) is 3.11. The molecule has 1 aliphatic rings. The third-order valence-electron chi connectivity index (χ3n) is 5.64. The van der Waals surface area contributed by atoms with E-state index < -0.39 is 0 Å². The van der Waals surface area contributed by atoms with Gasteiger partial charge in [-0.05, 0) is 50.8 Å². The molecule has 0 radical (unpaired) electrons. The summed E-state index contributed by atoms with van der Waals surface area (Å²) in [7, 11) is 3.16. The van der Waals surface area contributed by atoms with Gasteiger partial charge in [0.25, 0.3) is 5.91 Å². The Hall–Kier alpha value is -2.87. The van der Waals surface area contributed by atoms with Crippen LogP contribution in [0.15, 0.2) is 24.5 Å². The summed E-state index contributed by atoms with van der Waals surface area (Å²) in [6.07, 6.45) is 5.15. The van der Waals surface area contributed by atoms with Crippen LogP contribution in [-0.2, 0) is 0 Å². The van der Waals surface area contributed by atoms with E-state index in [0.717, 1.165) is 41.0 Å². The Kier molecular flexibility index (Phi) is 5.76. The number of nitrogens with one attached hydrogen (secondary N) is 1. The van der Waals surface area contributed by atoms with E-state index >= 15 is 0 Å². The Morgan fingerprint density at radius 1 is 1.23 bits per heavy atom. The third-order valence-corrected chi connectivity index (χ3v) is 6.84. The van der Waals surface area contributed by atoms with Crippen LogP contribution in [0.25, 0.3) is 10.2 Å². The van der Waals surface area contributed by atoms with E-state index in [4.69, 9.17) is 9.47 Å². The number of rotatable bonds is 5. The molecule has 0 spiro atoms. The molecule has 4 rings (SSSR count). The summed E-state index contributed by atoms with van der Waals surface area (Å²) in [5.41, 5.74) is 1.50. The molecule has 0 bridgehead atoms.